The molecule has 1 aliphatic heterocycles. The van der Waals surface area contributed by atoms with E-state index in [0.29, 0.717) is 11.3 Å². The van der Waals surface area contributed by atoms with Crippen molar-refractivity contribution in [1.82, 2.24) is 10.2 Å². The Labute approximate surface area is 191 Å². The van der Waals surface area contributed by atoms with Crippen molar-refractivity contribution in [2.75, 3.05) is 13.2 Å². The van der Waals surface area contributed by atoms with Crippen molar-refractivity contribution >= 4 is 17.7 Å². The molecule has 2 aromatic carbocycles. The number of hydrogen-bond acceptors (Lipinski definition) is 5. The number of ether oxygens (including phenoxy) is 1. The van der Waals surface area contributed by atoms with Gasteiger partial charge in [-0.15, -0.1) is 0 Å². The molecule has 0 aliphatic carbocycles. The molecule has 0 fully saturated rings. The topological polar surface area (TPSA) is 95.9 Å². The van der Waals surface area contributed by atoms with Crippen molar-refractivity contribution in [3.63, 3.8) is 0 Å². The van der Waals surface area contributed by atoms with E-state index in [-0.39, 0.29) is 34.8 Å². The third kappa shape index (κ3) is 5.46. The van der Waals surface area contributed by atoms with Gasteiger partial charge in [-0.3, -0.25) is 19.3 Å². The average Bonchev–Trinajstić information content (AvgIpc) is 3.00. The zero-order chi connectivity index (χ0) is 24.3. The summed E-state index contributed by atoms with van der Waals surface area (Å²) in [6.07, 6.45) is 0. The van der Waals surface area contributed by atoms with Crippen LogP contribution in [0, 0.1) is 0 Å². The van der Waals surface area contributed by atoms with Crippen molar-refractivity contribution in [3.8, 4) is 5.75 Å². The van der Waals surface area contributed by atoms with Gasteiger partial charge in [0.15, 0.2) is 5.83 Å². The van der Waals surface area contributed by atoms with Crippen molar-refractivity contribution in [1.29, 1.82) is 0 Å². The summed E-state index contributed by atoms with van der Waals surface area (Å²) >= 11 is 0. The van der Waals surface area contributed by atoms with Crippen LogP contribution >= 0.6 is 0 Å². The molecule has 0 saturated heterocycles. The lowest BCUT2D eigenvalue weighted by Crippen LogP contribution is -2.40. The first-order valence-corrected chi connectivity index (χ1v) is 10.2. The second kappa shape index (κ2) is 9.28. The second-order valence-electron chi connectivity index (χ2n) is 8.62. The SMILES string of the molecule is C=C(O)/C(F)=C(\COc1ccc(C(=O)NC(C)(C)C)cc1)CN1C(=O)c2ccccc2C1=O. The summed E-state index contributed by atoms with van der Waals surface area (Å²) in [4.78, 5) is 38.3. The van der Waals surface area contributed by atoms with Gasteiger partial charge in [-0.05, 0) is 57.2 Å². The van der Waals surface area contributed by atoms with E-state index in [1.165, 1.54) is 12.1 Å². The average molecular weight is 452 g/mol. The first-order chi connectivity index (χ1) is 15.5. The molecule has 2 N–H and O–H groups in total. The summed E-state index contributed by atoms with van der Waals surface area (Å²) in [7, 11) is 0. The van der Waals surface area contributed by atoms with Gasteiger partial charge in [0.2, 0.25) is 0 Å². The van der Waals surface area contributed by atoms with Crippen molar-refractivity contribution < 1.29 is 28.6 Å². The van der Waals surface area contributed by atoms with Gasteiger partial charge in [0.1, 0.15) is 18.1 Å². The normalized spacial score (nSPS) is 14.0. The zero-order valence-electron chi connectivity index (χ0n) is 18.6. The van der Waals surface area contributed by atoms with Gasteiger partial charge < -0.3 is 15.2 Å². The van der Waals surface area contributed by atoms with Gasteiger partial charge in [-0.25, -0.2) is 4.39 Å². The third-order valence-electron chi connectivity index (χ3n) is 4.81. The van der Waals surface area contributed by atoms with Crippen LogP contribution in [0.4, 0.5) is 4.39 Å². The number of carbonyl (C=O) groups is 3. The molecule has 2 aromatic rings. The maximum Gasteiger partial charge on any atom is 0.261 e. The number of amides is 3. The molecule has 3 rings (SSSR count). The standard InChI is InChI=1S/C25H25FN2O5/c1-15(29)21(26)17(13-28-23(31)19-7-5-6-8-20(19)24(28)32)14-33-18-11-9-16(10-12-18)22(30)27-25(2,3)4/h5-12,29H,1,13-14H2,2-4H3,(H,27,30)/b21-17+. The van der Waals surface area contributed by atoms with Crippen LogP contribution in [-0.4, -0.2) is 46.4 Å². The molecule has 33 heavy (non-hydrogen) atoms. The number of allylic oxidation sites excluding steroid dienone is 1. The van der Waals surface area contributed by atoms with Crippen molar-refractivity contribution in [2.45, 2.75) is 26.3 Å². The minimum Gasteiger partial charge on any atom is -0.506 e. The molecule has 0 unspecified atom stereocenters. The second-order valence-corrected chi connectivity index (χ2v) is 8.62. The molecule has 1 heterocycles. The van der Waals surface area contributed by atoms with Gasteiger partial charge in [0, 0.05) is 16.7 Å². The van der Waals surface area contributed by atoms with Crippen LogP contribution in [0.1, 0.15) is 51.8 Å². The molecule has 8 heteroatoms. The summed E-state index contributed by atoms with van der Waals surface area (Å²) in [6.45, 7) is 8.02. The zero-order valence-corrected chi connectivity index (χ0v) is 18.6. The Kier molecular flexibility index (Phi) is 6.67. The Balaban J connectivity index is 1.73. The first-order valence-electron chi connectivity index (χ1n) is 10.2. The monoisotopic (exact) mass is 452 g/mol. The van der Waals surface area contributed by atoms with Crippen LogP contribution in [0.25, 0.3) is 0 Å². The fourth-order valence-electron chi connectivity index (χ4n) is 3.24. The van der Waals surface area contributed by atoms with E-state index in [1.54, 1.807) is 36.4 Å². The van der Waals surface area contributed by atoms with Crippen LogP contribution in [0.5, 0.6) is 5.75 Å². The molecule has 0 spiro atoms. The molecule has 0 bridgehead atoms. The van der Waals surface area contributed by atoms with E-state index in [2.05, 4.69) is 11.9 Å². The number of imide groups is 1. The lowest BCUT2D eigenvalue weighted by atomic mass is 10.1. The maximum atomic E-state index is 14.6. The number of hydrogen-bond donors (Lipinski definition) is 2. The van der Waals surface area contributed by atoms with E-state index >= 15 is 0 Å². The highest BCUT2D eigenvalue weighted by Crippen LogP contribution is 2.25. The van der Waals surface area contributed by atoms with Crippen LogP contribution in [-0.2, 0) is 0 Å². The Hall–Kier alpha value is -3.94. The molecule has 1 aliphatic rings. The fourth-order valence-corrected chi connectivity index (χ4v) is 3.24. The van der Waals surface area contributed by atoms with Crippen molar-refractivity contribution in [2.24, 2.45) is 0 Å². The molecule has 3 amide bonds. The van der Waals surface area contributed by atoms with Crippen LogP contribution in [0.3, 0.4) is 0 Å². The van der Waals surface area contributed by atoms with Crippen LogP contribution in [0.15, 0.2) is 72.3 Å². The van der Waals surface area contributed by atoms with Gasteiger partial charge in [0.05, 0.1) is 17.7 Å². The number of carbonyl (C=O) groups excluding carboxylic acids is 3. The fraction of sp³-hybridized carbons (Fsp3) is 0.240. The molecule has 0 atom stereocenters. The molecule has 7 nitrogen and oxygen atoms in total. The molecular weight excluding hydrogens is 427 g/mol. The highest BCUT2D eigenvalue weighted by molar-refractivity contribution is 6.21. The van der Waals surface area contributed by atoms with E-state index in [9.17, 15) is 23.9 Å². The van der Waals surface area contributed by atoms with Gasteiger partial charge in [0.25, 0.3) is 17.7 Å². The summed E-state index contributed by atoms with van der Waals surface area (Å²) < 4.78 is 20.2. The number of nitrogens with one attached hydrogen (secondary N) is 1. The van der Waals surface area contributed by atoms with E-state index < -0.39 is 29.9 Å². The quantitative estimate of drug-likeness (QED) is 0.373. The number of benzene rings is 2. The Morgan fingerprint density at radius 2 is 1.61 bits per heavy atom. The molecule has 172 valence electrons. The highest BCUT2D eigenvalue weighted by Gasteiger charge is 2.36. The first kappa shape index (κ1) is 23.7. The number of aliphatic hydroxyl groups excluding tert-OH is 1. The smallest absolute Gasteiger partial charge is 0.261 e. The molecule has 0 saturated carbocycles. The third-order valence-corrected chi connectivity index (χ3v) is 4.81. The van der Waals surface area contributed by atoms with Gasteiger partial charge in [-0.1, -0.05) is 18.7 Å². The van der Waals surface area contributed by atoms with Crippen LogP contribution in [0.2, 0.25) is 0 Å². The summed E-state index contributed by atoms with van der Waals surface area (Å²) in [5.41, 5.74) is 0.367. The molecule has 0 aromatic heterocycles. The summed E-state index contributed by atoms with van der Waals surface area (Å²) in [5, 5.41) is 12.4. The number of fused-ring (bicyclic) bond motifs is 1. The summed E-state index contributed by atoms with van der Waals surface area (Å²) in [5.74, 6) is -2.93. The highest BCUT2D eigenvalue weighted by atomic mass is 19.1. The lowest BCUT2D eigenvalue weighted by Gasteiger charge is -2.20. The molecular formula is C25H25FN2O5. The molecule has 0 radical (unpaired) electrons. The summed E-state index contributed by atoms with van der Waals surface area (Å²) in [6, 6.07) is 12.5. The maximum absolute atomic E-state index is 14.6. The predicted octanol–water partition coefficient (Wildman–Crippen LogP) is 4.19. The van der Waals surface area contributed by atoms with Crippen molar-refractivity contribution in [3.05, 3.63) is 89.0 Å². The predicted molar refractivity (Wildman–Crippen MR) is 121 cm³/mol. The largest absolute Gasteiger partial charge is 0.506 e. The Morgan fingerprint density at radius 1 is 1.06 bits per heavy atom. The number of halogens is 1. The minimum atomic E-state index is -1.06. The van der Waals surface area contributed by atoms with Gasteiger partial charge >= 0.3 is 0 Å². The number of nitrogens with zero attached hydrogens (tertiary/aromatic N) is 1. The Morgan fingerprint density at radius 3 is 2.09 bits per heavy atom. The van der Waals surface area contributed by atoms with E-state index in [4.69, 9.17) is 4.74 Å². The number of rotatable bonds is 7. The van der Waals surface area contributed by atoms with E-state index in [1.807, 2.05) is 20.8 Å². The van der Waals surface area contributed by atoms with Crippen LogP contribution < -0.4 is 10.1 Å². The van der Waals surface area contributed by atoms with Gasteiger partial charge in [-0.2, -0.15) is 0 Å². The Bertz CT molecular complexity index is 1110. The number of aliphatic hydroxyl groups is 1. The minimum absolute atomic E-state index is 0.133. The lowest BCUT2D eigenvalue weighted by molar-refractivity contribution is 0.0663. The van der Waals surface area contributed by atoms with E-state index in [0.717, 1.165) is 4.90 Å².